The minimum absolute atomic E-state index is 0.339. The van der Waals surface area contributed by atoms with Crippen molar-refractivity contribution in [3.63, 3.8) is 0 Å². The Kier molecular flexibility index (Phi) is 6.08. The first-order chi connectivity index (χ1) is 9.95. The second-order valence-electron chi connectivity index (χ2n) is 6.09. The average molecular weight is 356 g/mol. The van der Waals surface area contributed by atoms with Gasteiger partial charge in [-0.1, -0.05) is 15.9 Å². The molecule has 1 heterocycles. The van der Waals surface area contributed by atoms with Gasteiger partial charge >= 0.3 is 0 Å². The number of nitrogens with zero attached hydrogens (tertiary/aromatic N) is 1. The Balaban J connectivity index is 1.77. The van der Waals surface area contributed by atoms with Crippen molar-refractivity contribution in [1.82, 2.24) is 4.90 Å². The van der Waals surface area contributed by atoms with Crippen molar-refractivity contribution in [1.29, 1.82) is 0 Å². The number of hydrogen-bond acceptors (Lipinski definition) is 3. The van der Waals surface area contributed by atoms with Crippen LogP contribution in [0.25, 0.3) is 0 Å². The van der Waals surface area contributed by atoms with Gasteiger partial charge in [-0.05, 0) is 57.4 Å². The van der Waals surface area contributed by atoms with Gasteiger partial charge in [0.05, 0.1) is 18.8 Å². The fraction of sp³-hybridized carbons (Fsp3) is 0.647. The predicted molar refractivity (Wildman–Crippen MR) is 90.2 cm³/mol. The zero-order chi connectivity index (χ0) is 15.4. The molecule has 21 heavy (non-hydrogen) atoms. The van der Waals surface area contributed by atoms with Crippen LogP contribution < -0.4 is 4.74 Å². The van der Waals surface area contributed by atoms with Crippen LogP contribution in [0, 0.1) is 13.8 Å². The number of ether oxygens (including phenoxy) is 2. The molecule has 0 aliphatic carbocycles. The van der Waals surface area contributed by atoms with Gasteiger partial charge < -0.3 is 9.47 Å². The fourth-order valence-corrected chi connectivity index (χ4v) is 3.74. The van der Waals surface area contributed by atoms with Gasteiger partial charge in [-0.25, -0.2) is 0 Å². The average Bonchev–Trinajstić information content (AvgIpc) is 2.35. The van der Waals surface area contributed by atoms with Crippen LogP contribution >= 0.6 is 15.9 Å². The lowest BCUT2D eigenvalue weighted by Crippen LogP contribution is -2.45. The van der Waals surface area contributed by atoms with E-state index >= 15 is 0 Å². The molecule has 0 N–H and O–H groups in total. The molecular weight excluding hydrogens is 330 g/mol. The summed E-state index contributed by atoms with van der Waals surface area (Å²) >= 11 is 3.52. The molecule has 3 nitrogen and oxygen atoms in total. The maximum Gasteiger partial charge on any atom is 0.125 e. The molecule has 0 aromatic heterocycles. The van der Waals surface area contributed by atoms with Crippen LogP contribution in [0.15, 0.2) is 16.6 Å². The normalized spacial score (nSPS) is 23.3. The molecule has 1 aliphatic rings. The lowest BCUT2D eigenvalue weighted by Gasteiger charge is -2.35. The van der Waals surface area contributed by atoms with Crippen molar-refractivity contribution in [2.75, 3.05) is 26.2 Å². The summed E-state index contributed by atoms with van der Waals surface area (Å²) in [5, 5.41) is 0. The molecule has 1 aromatic carbocycles. The molecule has 1 fully saturated rings. The van der Waals surface area contributed by atoms with E-state index in [1.165, 1.54) is 11.1 Å². The smallest absolute Gasteiger partial charge is 0.125 e. The zero-order valence-electron chi connectivity index (χ0n) is 13.5. The third-order valence-corrected chi connectivity index (χ3v) is 4.24. The molecule has 4 heteroatoms. The van der Waals surface area contributed by atoms with E-state index in [1.807, 2.05) is 0 Å². The van der Waals surface area contributed by atoms with Crippen molar-refractivity contribution in [2.24, 2.45) is 0 Å². The van der Waals surface area contributed by atoms with Gasteiger partial charge in [0.25, 0.3) is 0 Å². The monoisotopic (exact) mass is 355 g/mol. The molecule has 118 valence electrons. The number of rotatable bonds is 5. The first-order valence-electron chi connectivity index (χ1n) is 7.73. The Hall–Kier alpha value is -0.580. The van der Waals surface area contributed by atoms with E-state index in [-0.39, 0.29) is 0 Å². The summed E-state index contributed by atoms with van der Waals surface area (Å²) in [7, 11) is 0. The van der Waals surface area contributed by atoms with E-state index in [0.29, 0.717) is 12.2 Å². The van der Waals surface area contributed by atoms with Crippen molar-refractivity contribution in [2.45, 2.75) is 46.3 Å². The van der Waals surface area contributed by atoms with Crippen LogP contribution in [0.3, 0.4) is 0 Å². The Morgan fingerprint density at radius 1 is 1.19 bits per heavy atom. The zero-order valence-corrected chi connectivity index (χ0v) is 15.1. The highest BCUT2D eigenvalue weighted by atomic mass is 79.9. The van der Waals surface area contributed by atoms with E-state index in [1.54, 1.807) is 0 Å². The van der Waals surface area contributed by atoms with Gasteiger partial charge in [0.1, 0.15) is 5.75 Å². The quantitative estimate of drug-likeness (QED) is 0.746. The highest BCUT2D eigenvalue weighted by molar-refractivity contribution is 9.10. The van der Waals surface area contributed by atoms with E-state index < -0.39 is 0 Å². The number of hydrogen-bond donors (Lipinski definition) is 0. The summed E-state index contributed by atoms with van der Waals surface area (Å²) < 4.78 is 12.9. The lowest BCUT2D eigenvalue weighted by molar-refractivity contribution is -0.0686. The lowest BCUT2D eigenvalue weighted by atomic mass is 10.1. The van der Waals surface area contributed by atoms with Crippen LogP contribution in [0.5, 0.6) is 5.75 Å². The molecule has 2 rings (SSSR count). The Morgan fingerprint density at radius 3 is 2.33 bits per heavy atom. The SMILES string of the molecule is Cc1cc(Br)cc(C)c1OCCCN1C[C@H](C)O[C@@H](C)C1. The van der Waals surface area contributed by atoms with E-state index in [0.717, 1.165) is 42.9 Å². The summed E-state index contributed by atoms with van der Waals surface area (Å²) in [4.78, 5) is 2.48. The van der Waals surface area contributed by atoms with E-state index in [9.17, 15) is 0 Å². The first-order valence-corrected chi connectivity index (χ1v) is 8.52. The number of morpholine rings is 1. The van der Waals surface area contributed by atoms with Crippen LogP contribution in [0.2, 0.25) is 0 Å². The fourth-order valence-electron chi connectivity index (χ4n) is 3.05. The minimum Gasteiger partial charge on any atom is -0.493 e. The van der Waals surface area contributed by atoms with Gasteiger partial charge in [-0.3, -0.25) is 4.90 Å². The molecule has 0 radical (unpaired) electrons. The van der Waals surface area contributed by atoms with Gasteiger partial charge in [0.2, 0.25) is 0 Å². The summed E-state index contributed by atoms with van der Waals surface area (Å²) in [6, 6.07) is 4.21. The van der Waals surface area contributed by atoms with Crippen LogP contribution in [0.1, 0.15) is 31.4 Å². The van der Waals surface area contributed by atoms with Crippen molar-refractivity contribution in [3.8, 4) is 5.75 Å². The Bertz CT molecular complexity index is 445. The highest BCUT2D eigenvalue weighted by Crippen LogP contribution is 2.27. The summed E-state index contributed by atoms with van der Waals surface area (Å²) in [5.74, 6) is 1.03. The van der Waals surface area contributed by atoms with Gasteiger partial charge in [-0.2, -0.15) is 0 Å². The summed E-state index contributed by atoms with van der Waals surface area (Å²) in [6.07, 6.45) is 1.73. The molecule has 0 amide bonds. The van der Waals surface area contributed by atoms with Crippen LogP contribution in [-0.2, 0) is 4.74 Å². The van der Waals surface area contributed by atoms with Gasteiger partial charge in [-0.15, -0.1) is 0 Å². The summed E-state index contributed by atoms with van der Waals surface area (Å²) in [6.45, 7) is 12.4. The molecule has 1 saturated heterocycles. The first kappa shape index (κ1) is 16.8. The second-order valence-corrected chi connectivity index (χ2v) is 7.00. The van der Waals surface area contributed by atoms with Crippen molar-refractivity contribution in [3.05, 3.63) is 27.7 Å². The third kappa shape index (κ3) is 4.97. The van der Waals surface area contributed by atoms with E-state index in [4.69, 9.17) is 9.47 Å². The van der Waals surface area contributed by atoms with E-state index in [2.05, 4.69) is 60.7 Å². The maximum absolute atomic E-state index is 5.99. The third-order valence-electron chi connectivity index (χ3n) is 3.79. The van der Waals surface area contributed by atoms with Crippen LogP contribution in [0.4, 0.5) is 0 Å². The molecule has 0 bridgehead atoms. The minimum atomic E-state index is 0.339. The molecule has 0 unspecified atom stereocenters. The molecule has 0 spiro atoms. The maximum atomic E-state index is 5.99. The Labute approximate surface area is 136 Å². The molecular formula is C17H26BrNO2. The van der Waals surface area contributed by atoms with Crippen molar-refractivity contribution < 1.29 is 9.47 Å². The Morgan fingerprint density at radius 2 is 1.76 bits per heavy atom. The second kappa shape index (κ2) is 7.61. The molecule has 2 atom stereocenters. The topological polar surface area (TPSA) is 21.7 Å². The predicted octanol–water partition coefficient (Wildman–Crippen LogP) is 3.94. The standard InChI is InChI=1S/C17H26BrNO2/c1-12-8-16(18)9-13(2)17(12)20-7-5-6-19-10-14(3)21-15(4)11-19/h8-9,14-15H,5-7,10-11H2,1-4H3/t14-,15-/m0/s1. The molecule has 0 saturated carbocycles. The van der Waals surface area contributed by atoms with Crippen molar-refractivity contribution >= 4 is 15.9 Å². The van der Waals surface area contributed by atoms with Gasteiger partial charge in [0, 0.05) is 24.1 Å². The number of halogens is 1. The molecule has 1 aliphatic heterocycles. The highest BCUT2D eigenvalue weighted by Gasteiger charge is 2.21. The van der Waals surface area contributed by atoms with Crippen LogP contribution in [-0.4, -0.2) is 43.3 Å². The summed E-state index contributed by atoms with van der Waals surface area (Å²) in [5.41, 5.74) is 2.38. The largest absolute Gasteiger partial charge is 0.493 e. The number of aryl methyl sites for hydroxylation is 2. The number of benzene rings is 1. The molecule has 1 aromatic rings. The van der Waals surface area contributed by atoms with Gasteiger partial charge in [0.15, 0.2) is 0 Å².